The lowest BCUT2D eigenvalue weighted by molar-refractivity contribution is 0.864. The van der Waals surface area contributed by atoms with Gasteiger partial charge in [-0.15, -0.1) is 0 Å². The Balaban J connectivity index is 2.95. The third kappa shape index (κ3) is 2.28. The van der Waals surface area contributed by atoms with Crippen LogP contribution in [0.2, 0.25) is 0 Å². The molecule has 0 fully saturated rings. The smallest absolute Gasteiger partial charge is 0.0368 e. The van der Waals surface area contributed by atoms with Gasteiger partial charge in [0.2, 0.25) is 0 Å². The first-order valence-electron chi connectivity index (χ1n) is 5.57. The number of benzene rings is 1. The fraction of sp³-hybridized carbons (Fsp3) is 0.538. The SMILES string of the molecule is CCc1ccc(N(CC)CC)cc1C. The molecule has 1 nitrogen and oxygen atoms in total. The second kappa shape index (κ2) is 5.04. The van der Waals surface area contributed by atoms with E-state index in [1.54, 1.807) is 0 Å². The highest BCUT2D eigenvalue weighted by Crippen LogP contribution is 2.19. The summed E-state index contributed by atoms with van der Waals surface area (Å²) < 4.78 is 0. The van der Waals surface area contributed by atoms with Crippen LogP contribution in [-0.4, -0.2) is 13.1 Å². The number of hydrogen-bond acceptors (Lipinski definition) is 1. The zero-order valence-corrected chi connectivity index (χ0v) is 9.80. The standard InChI is InChI=1S/C13H21N/c1-5-12-8-9-13(10-11(12)4)14(6-2)7-3/h8-10H,5-7H2,1-4H3. The van der Waals surface area contributed by atoms with Crippen LogP contribution >= 0.6 is 0 Å². The fourth-order valence-corrected chi connectivity index (χ4v) is 1.86. The van der Waals surface area contributed by atoms with Gasteiger partial charge in [-0.05, 0) is 50.5 Å². The summed E-state index contributed by atoms with van der Waals surface area (Å²) >= 11 is 0. The molecule has 0 saturated carbocycles. The Hall–Kier alpha value is -0.980. The van der Waals surface area contributed by atoms with Crippen LogP contribution in [-0.2, 0) is 6.42 Å². The molecule has 0 bridgehead atoms. The van der Waals surface area contributed by atoms with Gasteiger partial charge in [-0.25, -0.2) is 0 Å². The van der Waals surface area contributed by atoms with E-state index in [0.29, 0.717) is 0 Å². The van der Waals surface area contributed by atoms with Crippen LogP contribution in [0.4, 0.5) is 5.69 Å². The predicted octanol–water partition coefficient (Wildman–Crippen LogP) is 3.40. The summed E-state index contributed by atoms with van der Waals surface area (Å²) in [5, 5.41) is 0. The van der Waals surface area contributed by atoms with Gasteiger partial charge in [-0.2, -0.15) is 0 Å². The number of aryl methyl sites for hydroxylation is 2. The number of hydrogen-bond donors (Lipinski definition) is 0. The van der Waals surface area contributed by atoms with Gasteiger partial charge in [0, 0.05) is 18.8 Å². The largest absolute Gasteiger partial charge is 0.372 e. The van der Waals surface area contributed by atoms with Gasteiger partial charge in [0.25, 0.3) is 0 Å². The van der Waals surface area contributed by atoms with Crippen LogP contribution in [0.5, 0.6) is 0 Å². The van der Waals surface area contributed by atoms with E-state index in [1.807, 2.05) is 0 Å². The molecule has 0 spiro atoms. The van der Waals surface area contributed by atoms with Crippen LogP contribution in [0.1, 0.15) is 31.9 Å². The summed E-state index contributed by atoms with van der Waals surface area (Å²) in [7, 11) is 0. The minimum absolute atomic E-state index is 1.08. The molecule has 1 rings (SSSR count). The maximum atomic E-state index is 2.38. The Morgan fingerprint density at radius 3 is 2.14 bits per heavy atom. The molecule has 1 heteroatoms. The maximum Gasteiger partial charge on any atom is 0.0368 e. The fourth-order valence-electron chi connectivity index (χ4n) is 1.86. The van der Waals surface area contributed by atoms with Gasteiger partial charge >= 0.3 is 0 Å². The maximum absolute atomic E-state index is 2.38. The highest BCUT2D eigenvalue weighted by atomic mass is 15.1. The first-order valence-corrected chi connectivity index (χ1v) is 5.57. The van der Waals surface area contributed by atoms with Crippen LogP contribution in [0.15, 0.2) is 18.2 Å². The van der Waals surface area contributed by atoms with Gasteiger partial charge < -0.3 is 4.90 Å². The summed E-state index contributed by atoms with van der Waals surface area (Å²) in [4.78, 5) is 2.38. The van der Waals surface area contributed by atoms with Crippen LogP contribution in [0.25, 0.3) is 0 Å². The van der Waals surface area contributed by atoms with Crippen molar-refractivity contribution in [2.45, 2.75) is 34.1 Å². The average Bonchev–Trinajstić information content (AvgIpc) is 2.20. The Morgan fingerprint density at radius 2 is 1.71 bits per heavy atom. The van der Waals surface area contributed by atoms with Crippen LogP contribution in [0.3, 0.4) is 0 Å². The molecule has 0 saturated heterocycles. The van der Waals surface area contributed by atoms with Gasteiger partial charge in [-0.1, -0.05) is 13.0 Å². The molecule has 0 N–H and O–H groups in total. The van der Waals surface area contributed by atoms with Crippen molar-refractivity contribution in [3.8, 4) is 0 Å². The minimum atomic E-state index is 1.08. The molecule has 1 aromatic rings. The van der Waals surface area contributed by atoms with Crippen LogP contribution in [0, 0.1) is 6.92 Å². The van der Waals surface area contributed by atoms with Crippen molar-refractivity contribution >= 4 is 5.69 Å². The third-order valence-electron chi connectivity index (χ3n) is 2.84. The van der Waals surface area contributed by atoms with Gasteiger partial charge in [0.1, 0.15) is 0 Å². The Morgan fingerprint density at radius 1 is 1.07 bits per heavy atom. The van der Waals surface area contributed by atoms with E-state index >= 15 is 0 Å². The van der Waals surface area contributed by atoms with Crippen molar-refractivity contribution in [1.82, 2.24) is 0 Å². The van der Waals surface area contributed by atoms with E-state index in [9.17, 15) is 0 Å². The molecule has 0 aromatic heterocycles. The Kier molecular flexibility index (Phi) is 3.99. The predicted molar refractivity (Wildman–Crippen MR) is 64.1 cm³/mol. The monoisotopic (exact) mass is 191 g/mol. The first-order chi connectivity index (χ1) is 6.72. The zero-order valence-electron chi connectivity index (χ0n) is 9.80. The molecule has 0 radical (unpaired) electrons. The molecule has 0 atom stereocenters. The normalized spacial score (nSPS) is 10.3. The topological polar surface area (TPSA) is 3.24 Å². The van der Waals surface area contributed by atoms with E-state index in [4.69, 9.17) is 0 Å². The molecular weight excluding hydrogens is 170 g/mol. The van der Waals surface area contributed by atoms with Crippen molar-refractivity contribution in [2.75, 3.05) is 18.0 Å². The lowest BCUT2D eigenvalue weighted by Gasteiger charge is -2.22. The summed E-state index contributed by atoms with van der Waals surface area (Å²) in [6.07, 6.45) is 1.13. The molecule has 0 aliphatic carbocycles. The van der Waals surface area contributed by atoms with Crippen molar-refractivity contribution < 1.29 is 0 Å². The molecule has 0 aliphatic rings. The second-order valence-corrected chi connectivity index (χ2v) is 3.64. The molecule has 78 valence electrons. The summed E-state index contributed by atoms with van der Waals surface area (Å²) in [5.41, 5.74) is 4.22. The van der Waals surface area contributed by atoms with Gasteiger partial charge in [0.15, 0.2) is 0 Å². The van der Waals surface area contributed by atoms with E-state index in [2.05, 4.69) is 50.8 Å². The number of rotatable bonds is 4. The average molecular weight is 191 g/mol. The van der Waals surface area contributed by atoms with Crippen molar-refractivity contribution in [1.29, 1.82) is 0 Å². The van der Waals surface area contributed by atoms with Crippen molar-refractivity contribution in [3.63, 3.8) is 0 Å². The number of anilines is 1. The molecule has 14 heavy (non-hydrogen) atoms. The Bertz CT molecular complexity index is 287. The van der Waals surface area contributed by atoms with Crippen LogP contribution < -0.4 is 4.90 Å². The molecule has 0 heterocycles. The summed E-state index contributed by atoms with van der Waals surface area (Å²) in [6, 6.07) is 6.79. The van der Waals surface area contributed by atoms with Gasteiger partial charge in [0.05, 0.1) is 0 Å². The summed E-state index contributed by atoms with van der Waals surface area (Å²) in [6.45, 7) is 11.0. The van der Waals surface area contributed by atoms with E-state index in [1.165, 1.54) is 16.8 Å². The number of nitrogens with zero attached hydrogens (tertiary/aromatic N) is 1. The first kappa shape index (κ1) is 11.1. The van der Waals surface area contributed by atoms with Gasteiger partial charge in [-0.3, -0.25) is 0 Å². The highest BCUT2D eigenvalue weighted by Gasteiger charge is 2.03. The van der Waals surface area contributed by atoms with Crippen molar-refractivity contribution in [3.05, 3.63) is 29.3 Å². The lowest BCUT2D eigenvalue weighted by atomic mass is 10.1. The molecule has 0 amide bonds. The molecular formula is C13H21N. The highest BCUT2D eigenvalue weighted by molar-refractivity contribution is 5.50. The molecule has 0 unspecified atom stereocenters. The second-order valence-electron chi connectivity index (χ2n) is 3.64. The van der Waals surface area contributed by atoms with E-state index in [-0.39, 0.29) is 0 Å². The zero-order chi connectivity index (χ0) is 10.6. The molecule has 1 aromatic carbocycles. The summed E-state index contributed by atoms with van der Waals surface area (Å²) in [5.74, 6) is 0. The van der Waals surface area contributed by atoms with E-state index < -0.39 is 0 Å². The Labute approximate surface area is 87.7 Å². The lowest BCUT2D eigenvalue weighted by Crippen LogP contribution is -2.21. The third-order valence-corrected chi connectivity index (χ3v) is 2.84. The van der Waals surface area contributed by atoms with E-state index in [0.717, 1.165) is 19.5 Å². The molecule has 0 aliphatic heterocycles. The minimum Gasteiger partial charge on any atom is -0.372 e. The van der Waals surface area contributed by atoms with Crippen molar-refractivity contribution in [2.24, 2.45) is 0 Å². The quantitative estimate of drug-likeness (QED) is 0.705.